The molecular formula is C31H39NO2. The minimum absolute atomic E-state index is 0. The predicted molar refractivity (Wildman–Crippen MR) is 143 cm³/mol. The number of ether oxygens (including phenoxy) is 1. The summed E-state index contributed by atoms with van der Waals surface area (Å²) in [4.78, 5) is 0. The topological polar surface area (TPSA) is 41.5 Å². The second-order valence-corrected chi connectivity index (χ2v) is 12.2. The van der Waals surface area contributed by atoms with E-state index in [0.717, 1.165) is 49.1 Å². The van der Waals surface area contributed by atoms with Crippen LogP contribution >= 0.6 is 0 Å². The maximum Gasteiger partial charge on any atom is 0.143 e. The van der Waals surface area contributed by atoms with Crippen molar-refractivity contribution in [1.29, 1.82) is 0 Å². The van der Waals surface area contributed by atoms with Crippen molar-refractivity contribution in [3.05, 3.63) is 53.1 Å². The smallest absolute Gasteiger partial charge is 0.143 e. The number of benzene rings is 3. The number of methoxy groups -OCH3 is 1. The summed E-state index contributed by atoms with van der Waals surface area (Å²) in [6.45, 7) is 10.7. The Hall–Kier alpha value is -2.68. The van der Waals surface area contributed by atoms with Crippen LogP contribution in [0.3, 0.4) is 0 Å². The van der Waals surface area contributed by atoms with E-state index in [1.165, 1.54) is 39.6 Å². The third-order valence-corrected chi connectivity index (χ3v) is 8.34. The zero-order valence-electron chi connectivity index (χ0n) is 20.6. The Kier molecular flexibility index (Phi) is 5.03. The van der Waals surface area contributed by atoms with Gasteiger partial charge in [0.25, 0.3) is 0 Å². The van der Waals surface area contributed by atoms with Gasteiger partial charge in [0.1, 0.15) is 11.5 Å². The lowest BCUT2D eigenvalue weighted by Gasteiger charge is -2.51. The van der Waals surface area contributed by atoms with Gasteiger partial charge in [-0.25, -0.2) is 0 Å². The van der Waals surface area contributed by atoms with E-state index >= 15 is 0 Å². The predicted octanol–water partition coefficient (Wildman–Crippen LogP) is 8.05. The van der Waals surface area contributed by atoms with E-state index in [4.69, 9.17) is 4.74 Å². The van der Waals surface area contributed by atoms with Gasteiger partial charge in [-0.2, -0.15) is 0 Å². The molecule has 3 aliphatic rings. The number of phenolic OH excluding ortho intramolecular Hbond substituents is 1. The molecule has 3 nitrogen and oxygen atoms in total. The van der Waals surface area contributed by atoms with E-state index in [1.807, 2.05) is 6.07 Å². The Morgan fingerprint density at radius 2 is 1.65 bits per heavy atom. The second kappa shape index (κ2) is 7.41. The van der Waals surface area contributed by atoms with Gasteiger partial charge in [-0.3, -0.25) is 0 Å². The number of fused-ring (bicyclic) bond motifs is 9. The number of anilines is 1. The molecule has 1 saturated carbocycles. The molecule has 0 atom stereocenters. The van der Waals surface area contributed by atoms with E-state index in [9.17, 15) is 5.11 Å². The SMILES string of the molecule is C.COc1cc2c(O)cc3c(c2c2c1NCCC2)-c1ccccc1C31CC(C)(C)CC(C)(C)C1. The molecule has 180 valence electrons. The highest BCUT2D eigenvalue weighted by molar-refractivity contribution is 6.09. The first-order chi connectivity index (χ1) is 15.7. The number of hydrogen-bond donors (Lipinski definition) is 2. The standard InChI is InChI=1S/C30H35NO2.CH4/c1-28(2)15-29(3,4)17-30(16-28)21-11-7-6-9-18(21)26-22(30)14-23(32)20-13-24(33-5)27-19(25(20)26)10-8-12-31-27;/h6-7,9,11,13-14,31-32H,8,10,12,15-17H2,1-5H3;1H4. The van der Waals surface area contributed by atoms with Crippen LogP contribution in [-0.4, -0.2) is 18.8 Å². The molecule has 0 amide bonds. The Labute approximate surface area is 204 Å². The van der Waals surface area contributed by atoms with Gasteiger partial charge in [-0.1, -0.05) is 59.4 Å². The Bertz CT molecular complexity index is 1280. The maximum absolute atomic E-state index is 11.4. The molecule has 0 radical (unpaired) electrons. The van der Waals surface area contributed by atoms with Crippen molar-refractivity contribution >= 4 is 16.5 Å². The van der Waals surface area contributed by atoms with Crippen LogP contribution in [0.2, 0.25) is 0 Å². The molecular weight excluding hydrogens is 418 g/mol. The molecule has 0 unspecified atom stereocenters. The summed E-state index contributed by atoms with van der Waals surface area (Å²) in [5.41, 5.74) is 8.24. The molecule has 2 aliphatic carbocycles. The Morgan fingerprint density at radius 3 is 2.35 bits per heavy atom. The molecule has 6 rings (SSSR count). The molecule has 1 heterocycles. The average molecular weight is 458 g/mol. The zero-order valence-corrected chi connectivity index (χ0v) is 20.6. The fourth-order valence-corrected chi connectivity index (χ4v) is 8.12. The van der Waals surface area contributed by atoms with Gasteiger partial charge in [0, 0.05) is 17.3 Å². The van der Waals surface area contributed by atoms with E-state index in [1.54, 1.807) is 7.11 Å². The number of rotatable bonds is 1. The van der Waals surface area contributed by atoms with Gasteiger partial charge in [0.05, 0.1) is 12.8 Å². The lowest BCUT2D eigenvalue weighted by atomic mass is 9.52. The minimum atomic E-state index is -0.0717. The summed E-state index contributed by atoms with van der Waals surface area (Å²) in [7, 11) is 1.72. The van der Waals surface area contributed by atoms with Gasteiger partial charge < -0.3 is 15.2 Å². The van der Waals surface area contributed by atoms with E-state index in [-0.39, 0.29) is 23.7 Å². The number of nitrogens with one attached hydrogen (secondary N) is 1. The van der Waals surface area contributed by atoms with Crippen LogP contribution in [0.4, 0.5) is 5.69 Å². The molecule has 0 aromatic heterocycles. The summed E-state index contributed by atoms with van der Waals surface area (Å²) in [6, 6.07) is 13.2. The molecule has 0 saturated heterocycles. The van der Waals surface area contributed by atoms with Crippen LogP contribution < -0.4 is 10.1 Å². The molecule has 1 spiro atoms. The number of phenols is 1. The highest BCUT2D eigenvalue weighted by Crippen LogP contribution is 2.65. The molecule has 3 aromatic carbocycles. The van der Waals surface area contributed by atoms with Crippen molar-refractivity contribution in [3.8, 4) is 22.6 Å². The van der Waals surface area contributed by atoms with Crippen LogP contribution in [-0.2, 0) is 11.8 Å². The maximum atomic E-state index is 11.4. The molecule has 2 N–H and O–H groups in total. The van der Waals surface area contributed by atoms with Crippen LogP contribution in [0.5, 0.6) is 11.5 Å². The highest BCUT2D eigenvalue weighted by Gasteiger charge is 2.53. The van der Waals surface area contributed by atoms with Crippen LogP contribution in [0.15, 0.2) is 36.4 Å². The van der Waals surface area contributed by atoms with Gasteiger partial charge in [0.2, 0.25) is 0 Å². The first-order valence-corrected chi connectivity index (χ1v) is 12.4. The van der Waals surface area contributed by atoms with Gasteiger partial charge in [0.15, 0.2) is 0 Å². The van der Waals surface area contributed by atoms with Crippen LogP contribution in [0.1, 0.15) is 77.5 Å². The lowest BCUT2D eigenvalue weighted by Crippen LogP contribution is -2.43. The summed E-state index contributed by atoms with van der Waals surface area (Å²) in [5, 5.41) is 17.2. The third-order valence-electron chi connectivity index (χ3n) is 8.34. The largest absolute Gasteiger partial charge is 0.507 e. The molecule has 1 fully saturated rings. The van der Waals surface area contributed by atoms with E-state index < -0.39 is 0 Å². The molecule has 34 heavy (non-hydrogen) atoms. The number of aromatic hydroxyl groups is 1. The fourth-order valence-electron chi connectivity index (χ4n) is 8.12. The van der Waals surface area contributed by atoms with Crippen LogP contribution in [0, 0.1) is 10.8 Å². The third kappa shape index (κ3) is 3.08. The van der Waals surface area contributed by atoms with Crippen LogP contribution in [0.25, 0.3) is 21.9 Å². The number of hydrogen-bond acceptors (Lipinski definition) is 3. The van der Waals surface area contributed by atoms with Crippen molar-refractivity contribution in [2.45, 2.75) is 72.6 Å². The second-order valence-electron chi connectivity index (χ2n) is 12.2. The van der Waals surface area contributed by atoms with Gasteiger partial charge in [-0.05, 0) is 88.3 Å². The molecule has 3 aromatic rings. The average Bonchev–Trinajstić information content (AvgIpc) is 2.99. The first kappa shape index (κ1) is 23.1. The monoisotopic (exact) mass is 457 g/mol. The summed E-state index contributed by atoms with van der Waals surface area (Å²) in [6.07, 6.45) is 5.52. The molecule has 0 bridgehead atoms. The first-order valence-electron chi connectivity index (χ1n) is 12.4. The quantitative estimate of drug-likeness (QED) is 0.388. The lowest BCUT2D eigenvalue weighted by molar-refractivity contribution is 0.0645. The van der Waals surface area contributed by atoms with E-state index in [0.29, 0.717) is 5.75 Å². The zero-order chi connectivity index (χ0) is 23.2. The van der Waals surface area contributed by atoms with E-state index in [2.05, 4.69) is 63.3 Å². The van der Waals surface area contributed by atoms with Gasteiger partial charge >= 0.3 is 0 Å². The van der Waals surface area contributed by atoms with Crippen molar-refractivity contribution < 1.29 is 9.84 Å². The Morgan fingerprint density at radius 1 is 0.941 bits per heavy atom. The summed E-state index contributed by atoms with van der Waals surface area (Å²) in [5.74, 6) is 1.21. The Balaban J connectivity index is 0.00000241. The summed E-state index contributed by atoms with van der Waals surface area (Å²) >= 11 is 0. The summed E-state index contributed by atoms with van der Waals surface area (Å²) < 4.78 is 5.76. The normalized spacial score (nSPS) is 20.6. The van der Waals surface area contributed by atoms with Crippen molar-refractivity contribution in [2.24, 2.45) is 10.8 Å². The van der Waals surface area contributed by atoms with Crippen molar-refractivity contribution in [3.63, 3.8) is 0 Å². The molecule has 1 aliphatic heterocycles. The van der Waals surface area contributed by atoms with Gasteiger partial charge in [-0.15, -0.1) is 0 Å². The fraction of sp³-hybridized carbons (Fsp3) is 0.484. The minimum Gasteiger partial charge on any atom is -0.507 e. The van der Waals surface area contributed by atoms with Crippen molar-refractivity contribution in [2.75, 3.05) is 19.0 Å². The number of aryl methyl sites for hydroxylation is 1. The van der Waals surface area contributed by atoms with Crippen molar-refractivity contribution in [1.82, 2.24) is 0 Å². The highest BCUT2D eigenvalue weighted by atomic mass is 16.5. The molecule has 3 heteroatoms.